The SMILES string of the molecule is CC1OCCC1N(C)C(C)(CN)Cc1ccc(Br)cc1. The number of nitrogens with two attached hydrogens (primary N) is 1. The minimum atomic E-state index is -0.0412. The van der Waals surface area contributed by atoms with E-state index in [0.717, 1.165) is 23.9 Å². The molecule has 1 aromatic carbocycles. The summed E-state index contributed by atoms with van der Waals surface area (Å²) < 4.78 is 6.82. The zero-order valence-electron chi connectivity index (χ0n) is 12.6. The molecule has 0 aromatic heterocycles. The molecule has 2 rings (SSSR count). The van der Waals surface area contributed by atoms with E-state index >= 15 is 0 Å². The highest BCUT2D eigenvalue weighted by molar-refractivity contribution is 9.10. The Labute approximate surface area is 130 Å². The molecule has 1 aliphatic rings. The Balaban J connectivity index is 2.13. The first-order chi connectivity index (χ1) is 9.46. The van der Waals surface area contributed by atoms with Gasteiger partial charge in [0.05, 0.1) is 6.10 Å². The molecule has 112 valence electrons. The molecular formula is C16H25BrN2O. The summed E-state index contributed by atoms with van der Waals surface area (Å²) >= 11 is 3.48. The van der Waals surface area contributed by atoms with Gasteiger partial charge in [0.1, 0.15) is 0 Å². The molecule has 4 heteroatoms. The minimum absolute atomic E-state index is 0.0412. The molecular weight excluding hydrogens is 316 g/mol. The standard InChI is InChI=1S/C16H25BrN2O/c1-12-15(8-9-20-12)19(3)16(2,11-18)10-13-4-6-14(17)7-5-13/h4-7,12,15H,8-11,18H2,1-3H3. The van der Waals surface area contributed by atoms with Gasteiger partial charge in [0.15, 0.2) is 0 Å². The Morgan fingerprint density at radius 3 is 2.55 bits per heavy atom. The molecule has 1 aliphatic heterocycles. The maximum atomic E-state index is 6.11. The van der Waals surface area contributed by atoms with Crippen LogP contribution < -0.4 is 5.73 Å². The van der Waals surface area contributed by atoms with Gasteiger partial charge < -0.3 is 10.5 Å². The van der Waals surface area contributed by atoms with Crippen molar-refractivity contribution in [2.45, 2.75) is 44.4 Å². The summed E-state index contributed by atoms with van der Waals surface area (Å²) in [6.07, 6.45) is 2.33. The van der Waals surface area contributed by atoms with Gasteiger partial charge in [-0.3, -0.25) is 4.90 Å². The summed E-state index contributed by atoms with van der Waals surface area (Å²) in [5.74, 6) is 0. The number of benzene rings is 1. The van der Waals surface area contributed by atoms with E-state index in [9.17, 15) is 0 Å². The average Bonchev–Trinajstić information content (AvgIpc) is 2.86. The summed E-state index contributed by atoms with van der Waals surface area (Å²) in [6, 6.07) is 8.97. The number of rotatable bonds is 5. The molecule has 0 bridgehead atoms. The third kappa shape index (κ3) is 3.42. The highest BCUT2D eigenvalue weighted by Crippen LogP contribution is 2.28. The number of nitrogens with zero attached hydrogens (tertiary/aromatic N) is 1. The van der Waals surface area contributed by atoms with Crippen LogP contribution in [0.5, 0.6) is 0 Å². The van der Waals surface area contributed by atoms with Crippen molar-refractivity contribution in [3.63, 3.8) is 0 Å². The smallest absolute Gasteiger partial charge is 0.0703 e. The van der Waals surface area contributed by atoms with Crippen LogP contribution in [-0.2, 0) is 11.2 Å². The third-order valence-electron chi connectivity index (χ3n) is 4.62. The lowest BCUT2D eigenvalue weighted by Gasteiger charge is -2.43. The molecule has 1 heterocycles. The predicted octanol–water partition coefficient (Wildman–Crippen LogP) is 2.82. The van der Waals surface area contributed by atoms with Crippen molar-refractivity contribution < 1.29 is 4.74 Å². The molecule has 20 heavy (non-hydrogen) atoms. The maximum Gasteiger partial charge on any atom is 0.0703 e. The molecule has 3 nitrogen and oxygen atoms in total. The van der Waals surface area contributed by atoms with Crippen LogP contribution in [0, 0.1) is 0 Å². The normalized spacial score (nSPS) is 25.9. The molecule has 3 unspecified atom stereocenters. The fraction of sp³-hybridized carbons (Fsp3) is 0.625. The van der Waals surface area contributed by atoms with Gasteiger partial charge in [-0.25, -0.2) is 0 Å². The molecule has 1 aromatic rings. The zero-order chi connectivity index (χ0) is 14.8. The number of likely N-dealkylation sites (N-methyl/N-ethyl adjacent to an activating group) is 1. The second kappa shape index (κ2) is 6.56. The molecule has 3 atom stereocenters. The van der Waals surface area contributed by atoms with Crippen LogP contribution in [0.25, 0.3) is 0 Å². The Hall–Kier alpha value is -0.420. The van der Waals surface area contributed by atoms with E-state index in [0.29, 0.717) is 12.6 Å². The molecule has 0 aliphatic carbocycles. The first-order valence-electron chi connectivity index (χ1n) is 7.25. The molecule has 2 N–H and O–H groups in total. The second-order valence-corrected chi connectivity index (χ2v) is 6.96. The van der Waals surface area contributed by atoms with E-state index in [1.54, 1.807) is 0 Å². The van der Waals surface area contributed by atoms with Gasteiger partial charge in [-0.2, -0.15) is 0 Å². The van der Waals surface area contributed by atoms with Crippen molar-refractivity contribution in [2.24, 2.45) is 5.73 Å². The summed E-state index contributed by atoms with van der Waals surface area (Å²) in [4.78, 5) is 2.42. The molecule has 0 amide bonds. The summed E-state index contributed by atoms with van der Waals surface area (Å²) in [7, 11) is 2.18. The predicted molar refractivity (Wildman–Crippen MR) is 86.9 cm³/mol. The van der Waals surface area contributed by atoms with Gasteiger partial charge in [0.2, 0.25) is 0 Å². The Morgan fingerprint density at radius 1 is 1.40 bits per heavy atom. The first-order valence-corrected chi connectivity index (χ1v) is 8.04. The Kier molecular flexibility index (Phi) is 5.24. The lowest BCUT2D eigenvalue weighted by Crippen LogP contribution is -2.56. The van der Waals surface area contributed by atoms with Gasteiger partial charge in [-0.1, -0.05) is 28.1 Å². The van der Waals surface area contributed by atoms with Gasteiger partial charge in [0.25, 0.3) is 0 Å². The van der Waals surface area contributed by atoms with Crippen LogP contribution in [-0.4, -0.2) is 42.8 Å². The van der Waals surface area contributed by atoms with E-state index in [-0.39, 0.29) is 11.6 Å². The van der Waals surface area contributed by atoms with Crippen LogP contribution in [0.1, 0.15) is 25.8 Å². The van der Waals surface area contributed by atoms with Crippen molar-refractivity contribution in [1.82, 2.24) is 4.90 Å². The molecule has 0 saturated carbocycles. The first kappa shape index (κ1) is 16.0. The topological polar surface area (TPSA) is 38.5 Å². The summed E-state index contributed by atoms with van der Waals surface area (Å²) in [5, 5.41) is 0. The number of halogens is 1. The Morgan fingerprint density at radius 2 is 2.05 bits per heavy atom. The third-order valence-corrected chi connectivity index (χ3v) is 5.15. The number of ether oxygens (including phenoxy) is 1. The van der Waals surface area contributed by atoms with Crippen LogP contribution in [0.3, 0.4) is 0 Å². The largest absolute Gasteiger partial charge is 0.377 e. The van der Waals surface area contributed by atoms with Crippen molar-refractivity contribution in [1.29, 1.82) is 0 Å². The number of hydrogen-bond acceptors (Lipinski definition) is 3. The van der Waals surface area contributed by atoms with Crippen molar-refractivity contribution in [2.75, 3.05) is 20.2 Å². The van der Waals surface area contributed by atoms with Crippen molar-refractivity contribution in [3.05, 3.63) is 34.3 Å². The summed E-state index contributed by atoms with van der Waals surface area (Å²) in [6.45, 7) is 5.91. The number of hydrogen-bond donors (Lipinski definition) is 1. The van der Waals surface area contributed by atoms with Crippen LogP contribution in [0.4, 0.5) is 0 Å². The fourth-order valence-electron chi connectivity index (χ4n) is 3.01. The second-order valence-electron chi connectivity index (χ2n) is 6.05. The summed E-state index contributed by atoms with van der Waals surface area (Å²) in [5.41, 5.74) is 7.38. The molecule has 0 radical (unpaired) electrons. The lowest BCUT2D eigenvalue weighted by atomic mass is 9.89. The molecule has 1 saturated heterocycles. The molecule has 0 spiro atoms. The minimum Gasteiger partial charge on any atom is -0.377 e. The van der Waals surface area contributed by atoms with Gasteiger partial charge >= 0.3 is 0 Å². The Bertz CT molecular complexity index is 437. The monoisotopic (exact) mass is 340 g/mol. The van der Waals surface area contributed by atoms with E-state index in [1.807, 2.05) is 0 Å². The quantitative estimate of drug-likeness (QED) is 0.895. The highest BCUT2D eigenvalue weighted by atomic mass is 79.9. The van der Waals surface area contributed by atoms with Crippen molar-refractivity contribution in [3.8, 4) is 0 Å². The van der Waals surface area contributed by atoms with Crippen LogP contribution in [0.2, 0.25) is 0 Å². The zero-order valence-corrected chi connectivity index (χ0v) is 14.2. The highest BCUT2D eigenvalue weighted by Gasteiger charge is 2.37. The van der Waals surface area contributed by atoms with E-state index in [2.05, 4.69) is 66.0 Å². The van der Waals surface area contributed by atoms with Gasteiger partial charge in [0, 0.05) is 29.2 Å². The average molecular weight is 341 g/mol. The van der Waals surface area contributed by atoms with Gasteiger partial charge in [-0.05, 0) is 51.4 Å². The lowest BCUT2D eigenvalue weighted by molar-refractivity contribution is 0.0361. The molecule has 1 fully saturated rings. The maximum absolute atomic E-state index is 6.11. The van der Waals surface area contributed by atoms with E-state index < -0.39 is 0 Å². The van der Waals surface area contributed by atoms with Crippen molar-refractivity contribution >= 4 is 15.9 Å². The van der Waals surface area contributed by atoms with E-state index in [1.165, 1.54) is 5.56 Å². The van der Waals surface area contributed by atoms with Crippen LogP contribution >= 0.6 is 15.9 Å². The van der Waals surface area contributed by atoms with E-state index in [4.69, 9.17) is 10.5 Å². The fourth-order valence-corrected chi connectivity index (χ4v) is 3.28. The van der Waals surface area contributed by atoms with Crippen LogP contribution in [0.15, 0.2) is 28.7 Å². The van der Waals surface area contributed by atoms with Gasteiger partial charge in [-0.15, -0.1) is 0 Å².